The molecular weight excluding hydrogens is 527 g/mol. The Balaban J connectivity index is 1.77. The van der Waals surface area contributed by atoms with E-state index >= 15 is 0 Å². The van der Waals surface area contributed by atoms with Gasteiger partial charge in [-0.05, 0) is 80.4 Å². The Bertz CT molecular complexity index is 1090. The Morgan fingerprint density at radius 1 is 0.643 bits per heavy atom. The lowest BCUT2D eigenvalue weighted by atomic mass is 10.3. The summed E-state index contributed by atoms with van der Waals surface area (Å²) < 4.78 is 1.65. The average Bonchev–Trinajstić information content (AvgIpc) is 2.68. The second kappa shape index (κ2) is 8.25. The highest BCUT2D eigenvalue weighted by molar-refractivity contribution is 9.10. The van der Waals surface area contributed by atoms with Gasteiger partial charge in [-0.2, -0.15) is 0 Å². The molecule has 28 heavy (non-hydrogen) atoms. The molecule has 0 spiro atoms. The molecule has 0 amide bonds. The summed E-state index contributed by atoms with van der Waals surface area (Å²) in [5, 5.41) is 7.80. The Morgan fingerprint density at radius 3 is 1.46 bits per heavy atom. The summed E-state index contributed by atoms with van der Waals surface area (Å²) in [5.41, 5.74) is 3.17. The van der Waals surface area contributed by atoms with E-state index in [0.29, 0.717) is 21.7 Å². The number of para-hydroxylation sites is 2. The summed E-state index contributed by atoms with van der Waals surface area (Å²) in [4.78, 5) is 9.45. The molecule has 0 unspecified atom stereocenters. The normalized spacial score (nSPS) is 10.9. The summed E-state index contributed by atoms with van der Waals surface area (Å²) in [6.07, 6.45) is 0. The fourth-order valence-corrected chi connectivity index (χ4v) is 3.45. The highest BCUT2D eigenvalue weighted by Crippen LogP contribution is 2.32. The smallest absolute Gasteiger partial charge is 0.174 e. The topological polar surface area (TPSA) is 49.8 Å². The summed E-state index contributed by atoms with van der Waals surface area (Å²) in [6.45, 7) is 0. The first-order valence-corrected chi connectivity index (χ1v) is 10.5. The van der Waals surface area contributed by atoms with Crippen molar-refractivity contribution in [3.63, 3.8) is 0 Å². The first-order valence-electron chi connectivity index (χ1n) is 8.20. The zero-order chi connectivity index (χ0) is 19.7. The molecule has 8 heteroatoms. The predicted octanol–water partition coefficient (Wildman–Crippen LogP) is 7.95. The molecule has 0 saturated carbocycles. The van der Waals surface area contributed by atoms with E-state index in [9.17, 15) is 0 Å². The maximum atomic E-state index is 6.22. The van der Waals surface area contributed by atoms with E-state index in [1.54, 1.807) is 0 Å². The number of nitrogens with one attached hydrogen (secondary N) is 2. The molecule has 0 aliphatic carbocycles. The van der Waals surface area contributed by atoms with Crippen molar-refractivity contribution in [2.45, 2.75) is 0 Å². The summed E-state index contributed by atoms with van der Waals surface area (Å²) in [6, 6.07) is 18.9. The van der Waals surface area contributed by atoms with Crippen molar-refractivity contribution in [3.8, 4) is 0 Å². The highest BCUT2D eigenvalue weighted by Gasteiger charge is 2.11. The van der Waals surface area contributed by atoms with Gasteiger partial charge in [0.05, 0.1) is 21.1 Å². The first-order chi connectivity index (χ1) is 13.5. The molecule has 4 rings (SSSR count). The molecule has 0 aliphatic heterocycles. The van der Waals surface area contributed by atoms with Gasteiger partial charge in [-0.3, -0.25) is 0 Å². The fourth-order valence-electron chi connectivity index (χ4n) is 2.60. The lowest BCUT2D eigenvalue weighted by Crippen LogP contribution is -2.03. The SMILES string of the molecule is Clc1cc(Nc2nc3ccccc3nc2Nc2ccc(Br)c(Cl)c2)ccc1Br. The molecule has 0 radical (unpaired) electrons. The third kappa shape index (κ3) is 4.25. The van der Waals surface area contributed by atoms with Crippen LogP contribution in [0.2, 0.25) is 10.0 Å². The minimum Gasteiger partial charge on any atom is -0.337 e. The van der Waals surface area contributed by atoms with E-state index in [2.05, 4.69) is 42.5 Å². The molecular formula is C20H12Br2Cl2N4. The van der Waals surface area contributed by atoms with E-state index in [1.165, 1.54) is 0 Å². The van der Waals surface area contributed by atoms with Gasteiger partial charge in [-0.25, -0.2) is 9.97 Å². The maximum Gasteiger partial charge on any atom is 0.174 e. The van der Waals surface area contributed by atoms with Gasteiger partial charge in [-0.15, -0.1) is 0 Å². The second-order valence-electron chi connectivity index (χ2n) is 5.92. The quantitative estimate of drug-likeness (QED) is 0.277. The minimum absolute atomic E-state index is 0.580. The maximum absolute atomic E-state index is 6.22. The number of nitrogens with zero attached hydrogens (tertiary/aromatic N) is 2. The van der Waals surface area contributed by atoms with Crippen LogP contribution in [0.3, 0.4) is 0 Å². The van der Waals surface area contributed by atoms with Crippen LogP contribution >= 0.6 is 55.1 Å². The highest BCUT2D eigenvalue weighted by atomic mass is 79.9. The third-order valence-electron chi connectivity index (χ3n) is 3.94. The van der Waals surface area contributed by atoms with Crippen molar-refractivity contribution in [1.29, 1.82) is 0 Å². The molecule has 0 saturated heterocycles. The van der Waals surface area contributed by atoms with Crippen molar-refractivity contribution in [2.24, 2.45) is 0 Å². The van der Waals surface area contributed by atoms with Gasteiger partial charge in [0.2, 0.25) is 0 Å². The zero-order valence-corrected chi connectivity index (χ0v) is 18.9. The molecule has 0 aliphatic rings. The molecule has 1 aromatic heterocycles. The molecule has 4 aromatic rings. The number of hydrogen-bond acceptors (Lipinski definition) is 4. The summed E-state index contributed by atoms with van der Waals surface area (Å²) in [7, 11) is 0. The van der Waals surface area contributed by atoms with Gasteiger partial charge >= 0.3 is 0 Å². The van der Waals surface area contributed by atoms with Crippen LogP contribution in [0.25, 0.3) is 11.0 Å². The van der Waals surface area contributed by atoms with E-state index < -0.39 is 0 Å². The van der Waals surface area contributed by atoms with Gasteiger partial charge in [0.15, 0.2) is 11.6 Å². The van der Waals surface area contributed by atoms with Crippen LogP contribution in [-0.4, -0.2) is 9.97 Å². The van der Waals surface area contributed by atoms with Crippen LogP contribution in [0.1, 0.15) is 0 Å². The van der Waals surface area contributed by atoms with Crippen LogP contribution in [0, 0.1) is 0 Å². The molecule has 1 heterocycles. The Morgan fingerprint density at radius 2 is 1.07 bits per heavy atom. The van der Waals surface area contributed by atoms with Crippen LogP contribution in [0.4, 0.5) is 23.0 Å². The number of halogens is 4. The number of hydrogen-bond donors (Lipinski definition) is 2. The molecule has 2 N–H and O–H groups in total. The number of rotatable bonds is 4. The van der Waals surface area contributed by atoms with Crippen molar-refractivity contribution in [2.75, 3.05) is 10.6 Å². The number of fused-ring (bicyclic) bond motifs is 1. The summed E-state index contributed by atoms with van der Waals surface area (Å²) >= 11 is 19.2. The van der Waals surface area contributed by atoms with Gasteiger partial charge in [0.1, 0.15) is 0 Å². The van der Waals surface area contributed by atoms with Crippen molar-refractivity contribution < 1.29 is 0 Å². The lowest BCUT2D eigenvalue weighted by Gasteiger charge is -2.14. The molecule has 0 fully saturated rings. The number of aromatic nitrogens is 2. The Labute approximate surface area is 188 Å². The van der Waals surface area contributed by atoms with Crippen molar-refractivity contribution in [1.82, 2.24) is 9.97 Å². The van der Waals surface area contributed by atoms with Crippen LogP contribution in [0.5, 0.6) is 0 Å². The van der Waals surface area contributed by atoms with Gasteiger partial charge in [0.25, 0.3) is 0 Å². The van der Waals surface area contributed by atoms with Crippen LogP contribution < -0.4 is 10.6 Å². The third-order valence-corrected chi connectivity index (χ3v) is 6.40. The zero-order valence-electron chi connectivity index (χ0n) is 14.2. The van der Waals surface area contributed by atoms with Gasteiger partial charge in [-0.1, -0.05) is 35.3 Å². The molecule has 0 bridgehead atoms. The second-order valence-corrected chi connectivity index (χ2v) is 8.44. The van der Waals surface area contributed by atoms with E-state index in [-0.39, 0.29) is 0 Å². The molecule has 0 atom stereocenters. The fraction of sp³-hybridized carbons (Fsp3) is 0. The molecule has 3 aromatic carbocycles. The number of benzene rings is 3. The number of anilines is 4. The van der Waals surface area contributed by atoms with E-state index in [0.717, 1.165) is 31.4 Å². The minimum atomic E-state index is 0.580. The first kappa shape index (κ1) is 19.5. The molecule has 4 nitrogen and oxygen atoms in total. The standard InChI is InChI=1S/C20H12Br2Cl2N4/c21-13-7-5-11(9-15(13)23)25-19-20(26-12-6-8-14(22)16(24)10-12)28-18-4-2-1-3-17(18)27-19/h1-10H,(H,25,27)(H,26,28). The monoisotopic (exact) mass is 536 g/mol. The Kier molecular flexibility index (Phi) is 5.73. The van der Waals surface area contributed by atoms with Crippen molar-refractivity contribution >= 4 is 89.1 Å². The van der Waals surface area contributed by atoms with E-state index in [4.69, 9.17) is 33.2 Å². The average molecular weight is 539 g/mol. The van der Waals surface area contributed by atoms with Gasteiger partial charge < -0.3 is 10.6 Å². The summed E-state index contributed by atoms with van der Waals surface area (Å²) in [5.74, 6) is 1.16. The lowest BCUT2D eigenvalue weighted by molar-refractivity contribution is 1.27. The predicted molar refractivity (Wildman–Crippen MR) is 124 cm³/mol. The van der Waals surface area contributed by atoms with Crippen LogP contribution in [-0.2, 0) is 0 Å². The Hall–Kier alpha value is -1.86. The van der Waals surface area contributed by atoms with Crippen molar-refractivity contribution in [3.05, 3.63) is 79.7 Å². The molecule has 140 valence electrons. The van der Waals surface area contributed by atoms with E-state index in [1.807, 2.05) is 60.7 Å². The van der Waals surface area contributed by atoms with Gasteiger partial charge in [0, 0.05) is 20.3 Å². The van der Waals surface area contributed by atoms with Crippen LogP contribution in [0.15, 0.2) is 69.6 Å². The largest absolute Gasteiger partial charge is 0.337 e.